The first-order chi connectivity index (χ1) is 14.3. The first-order valence-corrected chi connectivity index (χ1v) is 9.53. The Morgan fingerprint density at radius 1 is 1.07 bits per heavy atom. The number of pyridine rings is 1. The lowest BCUT2D eigenvalue weighted by atomic mass is 9.95. The van der Waals surface area contributed by atoms with Crippen LogP contribution in [0, 0.1) is 5.92 Å². The molecular formula is C21H19N7O. The third-order valence-corrected chi connectivity index (χ3v) is 5.13. The molecule has 0 saturated heterocycles. The number of hydrogen-bond donors (Lipinski definition) is 2. The molecule has 4 heterocycles. The number of fused-ring (bicyclic) bond motifs is 1. The van der Waals surface area contributed by atoms with E-state index in [-0.39, 0.29) is 11.8 Å². The molecule has 8 nitrogen and oxygen atoms in total. The second-order valence-electron chi connectivity index (χ2n) is 7.01. The van der Waals surface area contributed by atoms with Crippen LogP contribution in [0.3, 0.4) is 0 Å². The molecule has 1 atom stereocenters. The van der Waals surface area contributed by atoms with Crippen LogP contribution < -0.4 is 5.32 Å². The van der Waals surface area contributed by atoms with Crippen molar-refractivity contribution >= 4 is 11.9 Å². The zero-order valence-electron chi connectivity index (χ0n) is 15.6. The zero-order chi connectivity index (χ0) is 19.6. The highest BCUT2D eigenvalue weighted by atomic mass is 16.2. The molecule has 1 unspecified atom stereocenters. The van der Waals surface area contributed by atoms with Crippen molar-refractivity contribution in [1.29, 1.82) is 0 Å². The van der Waals surface area contributed by atoms with Crippen LogP contribution in [-0.2, 0) is 17.8 Å². The van der Waals surface area contributed by atoms with Gasteiger partial charge in [0.2, 0.25) is 11.9 Å². The molecule has 1 aliphatic rings. The molecule has 1 aliphatic heterocycles. The molecule has 4 aromatic rings. The van der Waals surface area contributed by atoms with Crippen LogP contribution in [0.15, 0.2) is 60.9 Å². The Kier molecular flexibility index (Phi) is 4.36. The predicted octanol–water partition coefficient (Wildman–Crippen LogP) is 2.93. The van der Waals surface area contributed by atoms with Gasteiger partial charge in [-0.1, -0.05) is 36.4 Å². The lowest BCUT2D eigenvalue weighted by Crippen LogP contribution is -2.30. The number of anilines is 1. The van der Waals surface area contributed by atoms with E-state index in [0.717, 1.165) is 30.0 Å². The van der Waals surface area contributed by atoms with Crippen LogP contribution in [0.25, 0.3) is 22.9 Å². The quantitative estimate of drug-likeness (QED) is 0.562. The summed E-state index contributed by atoms with van der Waals surface area (Å²) in [6.07, 6.45) is 4.95. The number of amides is 1. The summed E-state index contributed by atoms with van der Waals surface area (Å²) in [7, 11) is 0. The van der Waals surface area contributed by atoms with Gasteiger partial charge < -0.3 is 9.55 Å². The first-order valence-electron chi connectivity index (χ1n) is 9.53. The summed E-state index contributed by atoms with van der Waals surface area (Å²) >= 11 is 0. The Morgan fingerprint density at radius 2 is 1.93 bits per heavy atom. The number of aromatic amines is 1. The fraction of sp³-hybridized carbons (Fsp3) is 0.190. The van der Waals surface area contributed by atoms with Gasteiger partial charge in [-0.3, -0.25) is 15.1 Å². The largest absolute Gasteiger partial charge is 0.328 e. The summed E-state index contributed by atoms with van der Waals surface area (Å²) in [6, 6.07) is 15.7. The third kappa shape index (κ3) is 3.40. The maximum Gasteiger partial charge on any atom is 0.230 e. The van der Waals surface area contributed by atoms with Gasteiger partial charge in [-0.05, 0) is 18.6 Å². The maximum absolute atomic E-state index is 12.8. The monoisotopic (exact) mass is 385 g/mol. The van der Waals surface area contributed by atoms with Crippen LogP contribution in [0.4, 0.5) is 5.95 Å². The van der Waals surface area contributed by atoms with E-state index in [1.807, 2.05) is 42.6 Å². The predicted molar refractivity (Wildman–Crippen MR) is 108 cm³/mol. The number of imidazole rings is 1. The normalized spacial score (nSPS) is 15.7. The minimum Gasteiger partial charge on any atom is -0.328 e. The summed E-state index contributed by atoms with van der Waals surface area (Å²) in [6.45, 7) is 0.757. The summed E-state index contributed by atoms with van der Waals surface area (Å²) in [4.78, 5) is 24.6. The molecule has 1 aromatic carbocycles. The second-order valence-corrected chi connectivity index (χ2v) is 7.01. The Bertz CT molecular complexity index is 1130. The van der Waals surface area contributed by atoms with E-state index in [0.29, 0.717) is 23.9 Å². The lowest BCUT2D eigenvalue weighted by molar-refractivity contribution is -0.120. The molecule has 0 radical (unpaired) electrons. The summed E-state index contributed by atoms with van der Waals surface area (Å²) in [5.41, 5.74) is 2.84. The van der Waals surface area contributed by atoms with E-state index >= 15 is 0 Å². The van der Waals surface area contributed by atoms with E-state index in [4.69, 9.17) is 0 Å². The molecule has 0 saturated carbocycles. The van der Waals surface area contributed by atoms with Crippen molar-refractivity contribution in [2.75, 3.05) is 5.32 Å². The molecule has 29 heavy (non-hydrogen) atoms. The van der Waals surface area contributed by atoms with Crippen LogP contribution >= 0.6 is 0 Å². The number of nitrogens with zero attached hydrogens (tertiary/aromatic N) is 5. The fourth-order valence-electron chi connectivity index (χ4n) is 3.66. The smallest absolute Gasteiger partial charge is 0.230 e. The summed E-state index contributed by atoms with van der Waals surface area (Å²) in [5.74, 6) is 1.61. The fourth-order valence-corrected chi connectivity index (χ4v) is 3.66. The van der Waals surface area contributed by atoms with Gasteiger partial charge in [-0.25, -0.2) is 4.98 Å². The molecule has 0 aliphatic carbocycles. The minimum atomic E-state index is -0.133. The highest BCUT2D eigenvalue weighted by Gasteiger charge is 2.27. The number of benzene rings is 1. The van der Waals surface area contributed by atoms with E-state index in [1.54, 1.807) is 6.20 Å². The molecular weight excluding hydrogens is 366 g/mol. The van der Waals surface area contributed by atoms with E-state index < -0.39 is 0 Å². The van der Waals surface area contributed by atoms with Crippen molar-refractivity contribution < 1.29 is 4.79 Å². The molecule has 8 heteroatoms. The average Bonchev–Trinajstić information content (AvgIpc) is 3.41. The Morgan fingerprint density at radius 3 is 2.76 bits per heavy atom. The van der Waals surface area contributed by atoms with E-state index in [2.05, 4.69) is 47.2 Å². The van der Waals surface area contributed by atoms with Gasteiger partial charge in [0.05, 0.1) is 0 Å². The van der Waals surface area contributed by atoms with Crippen molar-refractivity contribution in [1.82, 2.24) is 29.7 Å². The number of hydrogen-bond acceptors (Lipinski definition) is 5. The van der Waals surface area contributed by atoms with Crippen LogP contribution in [0.1, 0.15) is 12.1 Å². The van der Waals surface area contributed by atoms with Gasteiger partial charge in [0, 0.05) is 42.5 Å². The Hall–Kier alpha value is -3.81. The number of rotatable bonds is 4. The van der Waals surface area contributed by atoms with Crippen molar-refractivity contribution in [2.45, 2.75) is 19.4 Å². The standard InChI is InChI=1S/C21H19N7O/c29-20(25-21-24-18(26-27-21)17-8-4-5-10-22-17)15-9-11-28-16(12-15)13-23-19(28)14-6-2-1-3-7-14/h1-8,10,13,15H,9,11-12H2,(H2,24,25,26,27,29). The van der Waals surface area contributed by atoms with Crippen LogP contribution in [-0.4, -0.2) is 35.6 Å². The highest BCUT2D eigenvalue weighted by Crippen LogP contribution is 2.27. The molecule has 144 valence electrons. The van der Waals surface area contributed by atoms with Gasteiger partial charge in [-0.2, -0.15) is 0 Å². The molecule has 0 bridgehead atoms. The number of H-pyrrole nitrogens is 1. The Balaban J connectivity index is 1.28. The summed E-state index contributed by atoms with van der Waals surface area (Å²) < 4.78 is 2.20. The SMILES string of the molecule is O=C(Nc1nnc(-c2ccccn2)[nH]1)C1CCn2c(cnc2-c2ccccc2)C1. The molecule has 1 amide bonds. The highest BCUT2D eigenvalue weighted by molar-refractivity contribution is 5.91. The number of carbonyl (C=O) groups is 1. The number of aromatic nitrogens is 6. The van der Waals surface area contributed by atoms with Gasteiger partial charge >= 0.3 is 0 Å². The van der Waals surface area contributed by atoms with Crippen LogP contribution in [0.2, 0.25) is 0 Å². The summed E-state index contributed by atoms with van der Waals surface area (Å²) in [5, 5.41) is 10.9. The molecule has 0 spiro atoms. The maximum atomic E-state index is 12.8. The number of carbonyl (C=O) groups excluding carboxylic acids is 1. The topological polar surface area (TPSA) is 101 Å². The molecule has 0 fully saturated rings. The van der Waals surface area contributed by atoms with E-state index in [1.165, 1.54) is 0 Å². The Labute approximate surface area is 167 Å². The van der Waals surface area contributed by atoms with Gasteiger partial charge in [-0.15, -0.1) is 10.2 Å². The third-order valence-electron chi connectivity index (χ3n) is 5.13. The van der Waals surface area contributed by atoms with Crippen molar-refractivity contribution in [2.24, 2.45) is 5.92 Å². The van der Waals surface area contributed by atoms with Gasteiger partial charge in [0.25, 0.3) is 0 Å². The van der Waals surface area contributed by atoms with Crippen molar-refractivity contribution in [3.63, 3.8) is 0 Å². The second kappa shape index (κ2) is 7.31. The van der Waals surface area contributed by atoms with Gasteiger partial charge in [0.1, 0.15) is 11.5 Å². The minimum absolute atomic E-state index is 0.0672. The van der Waals surface area contributed by atoms with E-state index in [9.17, 15) is 4.79 Å². The molecule has 5 rings (SSSR count). The zero-order valence-corrected chi connectivity index (χ0v) is 15.6. The molecule has 3 aromatic heterocycles. The van der Waals surface area contributed by atoms with Crippen LogP contribution in [0.5, 0.6) is 0 Å². The lowest BCUT2D eigenvalue weighted by Gasteiger charge is -2.23. The van der Waals surface area contributed by atoms with Crippen molar-refractivity contribution in [3.05, 3.63) is 66.6 Å². The first kappa shape index (κ1) is 17.3. The number of nitrogens with one attached hydrogen (secondary N) is 2. The average molecular weight is 385 g/mol. The van der Waals surface area contributed by atoms with Gasteiger partial charge in [0.15, 0.2) is 5.82 Å². The van der Waals surface area contributed by atoms with Crippen molar-refractivity contribution in [3.8, 4) is 22.9 Å². The molecule has 2 N–H and O–H groups in total.